The summed E-state index contributed by atoms with van der Waals surface area (Å²) < 4.78 is 0. The summed E-state index contributed by atoms with van der Waals surface area (Å²) in [5.41, 5.74) is 1.40. The minimum absolute atomic E-state index is 1.05. The number of alkyl halides is 1. The molecule has 11 heavy (non-hydrogen) atoms. The van der Waals surface area contributed by atoms with Crippen molar-refractivity contribution in [3.8, 4) is 0 Å². The molecule has 0 saturated heterocycles. The van der Waals surface area contributed by atoms with Crippen LogP contribution in [0.4, 0.5) is 0 Å². The molecule has 0 unspecified atom stereocenters. The van der Waals surface area contributed by atoms with Gasteiger partial charge in [-0.05, 0) is 12.0 Å². The molecule has 0 aliphatic rings. The van der Waals surface area contributed by atoms with E-state index in [2.05, 4.69) is 40.2 Å². The first-order valence-corrected chi connectivity index (χ1v) is 4.35. The molecule has 0 fully saturated rings. The summed E-state index contributed by atoms with van der Waals surface area (Å²) >= 11 is 3.39. The third-order valence-corrected chi connectivity index (χ3v) is 1.62. The Balaban J connectivity index is 0.000000461. The SMILES string of the molecule is BrCCc1ccccc1.OO. The maximum absolute atomic E-state index is 6.00. The van der Waals surface area contributed by atoms with Gasteiger partial charge in [-0.25, -0.2) is 0 Å². The normalized spacial score (nSPS) is 8.27. The lowest BCUT2D eigenvalue weighted by atomic mass is 10.2. The molecule has 0 heterocycles. The molecule has 0 bridgehead atoms. The molecular weight excluding hydrogens is 208 g/mol. The van der Waals surface area contributed by atoms with Crippen LogP contribution < -0.4 is 0 Å². The number of halogens is 1. The molecule has 1 aromatic carbocycles. The Labute approximate surface area is 74.6 Å². The molecule has 62 valence electrons. The van der Waals surface area contributed by atoms with E-state index in [1.165, 1.54) is 5.56 Å². The van der Waals surface area contributed by atoms with E-state index in [9.17, 15) is 0 Å². The van der Waals surface area contributed by atoms with Gasteiger partial charge >= 0.3 is 0 Å². The lowest BCUT2D eigenvalue weighted by Crippen LogP contribution is -1.82. The summed E-state index contributed by atoms with van der Waals surface area (Å²) in [5, 5.41) is 13.1. The van der Waals surface area contributed by atoms with Gasteiger partial charge in [0, 0.05) is 5.33 Å². The number of aryl methyl sites for hydroxylation is 1. The zero-order chi connectivity index (χ0) is 8.53. The molecule has 0 spiro atoms. The second-order valence-corrected chi connectivity index (χ2v) is 2.72. The Morgan fingerprint density at radius 3 is 2.09 bits per heavy atom. The zero-order valence-electron chi connectivity index (χ0n) is 6.07. The van der Waals surface area contributed by atoms with Gasteiger partial charge in [-0.2, -0.15) is 0 Å². The molecule has 0 atom stereocenters. The van der Waals surface area contributed by atoms with Gasteiger partial charge < -0.3 is 0 Å². The average molecular weight is 219 g/mol. The molecule has 0 amide bonds. The van der Waals surface area contributed by atoms with Gasteiger partial charge in [0.15, 0.2) is 0 Å². The van der Waals surface area contributed by atoms with Crippen LogP contribution in [-0.2, 0) is 6.42 Å². The molecule has 0 aliphatic heterocycles. The Hall–Kier alpha value is -0.380. The quantitative estimate of drug-likeness (QED) is 0.456. The van der Waals surface area contributed by atoms with E-state index in [0.717, 1.165) is 11.8 Å². The lowest BCUT2D eigenvalue weighted by Gasteiger charge is -1.92. The van der Waals surface area contributed by atoms with Crippen LogP contribution in [0.5, 0.6) is 0 Å². The smallest absolute Gasteiger partial charge is 0.00718 e. The second kappa shape index (κ2) is 7.72. The van der Waals surface area contributed by atoms with Crippen molar-refractivity contribution >= 4 is 15.9 Å². The summed E-state index contributed by atoms with van der Waals surface area (Å²) in [6.07, 6.45) is 1.13. The lowest BCUT2D eigenvalue weighted by molar-refractivity contribution is -0.176. The molecule has 2 N–H and O–H groups in total. The average Bonchev–Trinajstić information content (AvgIpc) is 2.11. The maximum atomic E-state index is 6.00. The highest BCUT2D eigenvalue weighted by Crippen LogP contribution is 2.00. The number of hydrogen-bond donors (Lipinski definition) is 2. The van der Waals surface area contributed by atoms with Crippen molar-refractivity contribution in [1.82, 2.24) is 0 Å². The van der Waals surface area contributed by atoms with Crippen molar-refractivity contribution in [3.63, 3.8) is 0 Å². The van der Waals surface area contributed by atoms with E-state index < -0.39 is 0 Å². The van der Waals surface area contributed by atoms with Gasteiger partial charge in [0.05, 0.1) is 0 Å². The summed E-state index contributed by atoms with van der Waals surface area (Å²) in [5.74, 6) is 0. The molecule has 0 radical (unpaired) electrons. The maximum Gasteiger partial charge on any atom is 0.00718 e. The first-order chi connectivity index (χ1) is 5.43. The third-order valence-electron chi connectivity index (χ3n) is 1.23. The Morgan fingerprint density at radius 2 is 1.64 bits per heavy atom. The van der Waals surface area contributed by atoms with Gasteiger partial charge in [0.1, 0.15) is 0 Å². The van der Waals surface area contributed by atoms with Crippen LogP contribution >= 0.6 is 15.9 Å². The van der Waals surface area contributed by atoms with Crippen molar-refractivity contribution in [2.75, 3.05) is 5.33 Å². The highest BCUT2D eigenvalue weighted by Gasteiger charge is 1.85. The fraction of sp³-hybridized carbons (Fsp3) is 0.250. The number of rotatable bonds is 2. The zero-order valence-corrected chi connectivity index (χ0v) is 7.66. The van der Waals surface area contributed by atoms with E-state index in [0.29, 0.717) is 0 Å². The first kappa shape index (κ1) is 10.6. The molecule has 3 heteroatoms. The predicted octanol–water partition coefficient (Wildman–Crippen LogP) is 2.64. The van der Waals surface area contributed by atoms with Crippen LogP contribution in [0.1, 0.15) is 5.56 Å². The monoisotopic (exact) mass is 218 g/mol. The summed E-state index contributed by atoms with van der Waals surface area (Å²) in [4.78, 5) is 0. The van der Waals surface area contributed by atoms with Crippen LogP contribution in [0, 0.1) is 0 Å². The minimum Gasteiger partial charge on any atom is -0.255 e. The van der Waals surface area contributed by atoms with Crippen LogP contribution in [0.15, 0.2) is 30.3 Å². The van der Waals surface area contributed by atoms with Crippen LogP contribution in [0.3, 0.4) is 0 Å². The molecule has 1 aromatic rings. The van der Waals surface area contributed by atoms with Gasteiger partial charge in [0.2, 0.25) is 0 Å². The van der Waals surface area contributed by atoms with Crippen LogP contribution in [0.25, 0.3) is 0 Å². The van der Waals surface area contributed by atoms with E-state index in [4.69, 9.17) is 10.5 Å². The highest BCUT2D eigenvalue weighted by molar-refractivity contribution is 9.09. The first-order valence-electron chi connectivity index (χ1n) is 3.23. The van der Waals surface area contributed by atoms with E-state index in [1.807, 2.05) is 6.07 Å². The van der Waals surface area contributed by atoms with Gasteiger partial charge in [-0.1, -0.05) is 46.3 Å². The van der Waals surface area contributed by atoms with Gasteiger partial charge in [0.25, 0.3) is 0 Å². The molecule has 0 saturated carbocycles. The summed E-state index contributed by atoms with van der Waals surface area (Å²) in [6, 6.07) is 10.5. The standard InChI is InChI=1S/C8H9Br.H2O2/c9-7-6-8-4-2-1-3-5-8;1-2/h1-5H,6-7H2;1-2H. The summed E-state index contributed by atoms with van der Waals surface area (Å²) in [7, 11) is 0. The molecule has 1 rings (SSSR count). The van der Waals surface area contributed by atoms with E-state index in [1.54, 1.807) is 0 Å². The predicted molar refractivity (Wildman–Crippen MR) is 49.2 cm³/mol. The topological polar surface area (TPSA) is 40.5 Å². The molecular formula is C8H11BrO2. The highest BCUT2D eigenvalue weighted by atomic mass is 79.9. The van der Waals surface area contributed by atoms with E-state index in [-0.39, 0.29) is 0 Å². The van der Waals surface area contributed by atoms with Gasteiger partial charge in [-0.3, -0.25) is 10.5 Å². The largest absolute Gasteiger partial charge is 0.255 e. The molecule has 2 nitrogen and oxygen atoms in total. The molecule has 0 aliphatic carbocycles. The van der Waals surface area contributed by atoms with E-state index >= 15 is 0 Å². The fourth-order valence-electron chi connectivity index (χ4n) is 0.754. The van der Waals surface area contributed by atoms with Crippen LogP contribution in [-0.4, -0.2) is 15.8 Å². The summed E-state index contributed by atoms with van der Waals surface area (Å²) in [6.45, 7) is 0. The van der Waals surface area contributed by atoms with Crippen LogP contribution in [0.2, 0.25) is 0 Å². The third kappa shape index (κ3) is 4.95. The van der Waals surface area contributed by atoms with Crippen molar-refractivity contribution in [1.29, 1.82) is 0 Å². The van der Waals surface area contributed by atoms with Gasteiger partial charge in [-0.15, -0.1) is 0 Å². The Bertz CT molecular complexity index is 165. The van der Waals surface area contributed by atoms with Crippen molar-refractivity contribution in [2.24, 2.45) is 0 Å². The van der Waals surface area contributed by atoms with Crippen molar-refractivity contribution in [3.05, 3.63) is 35.9 Å². The van der Waals surface area contributed by atoms with Crippen molar-refractivity contribution in [2.45, 2.75) is 6.42 Å². The Kier molecular flexibility index (Phi) is 7.46. The minimum atomic E-state index is 1.05. The second-order valence-electron chi connectivity index (χ2n) is 1.92. The molecule has 0 aromatic heterocycles. The van der Waals surface area contributed by atoms with Crippen molar-refractivity contribution < 1.29 is 10.5 Å². The Morgan fingerprint density at radius 1 is 1.09 bits per heavy atom. The number of benzene rings is 1. The fourth-order valence-corrected chi connectivity index (χ4v) is 1.21. The number of hydrogen-bond acceptors (Lipinski definition) is 2.